The second-order valence-corrected chi connectivity index (χ2v) is 6.05. The van der Waals surface area contributed by atoms with Crippen LogP contribution in [0.2, 0.25) is 0 Å². The lowest BCUT2D eigenvalue weighted by Crippen LogP contribution is -2.60. The zero-order chi connectivity index (χ0) is 19.0. The molecule has 0 heterocycles. The molecular formula is C17H30N4O4. The summed E-state index contributed by atoms with van der Waals surface area (Å²) in [6, 6.07) is -0.884. The summed E-state index contributed by atoms with van der Waals surface area (Å²) < 4.78 is 11.2. The number of carbonyl (C=O) groups is 2. The summed E-state index contributed by atoms with van der Waals surface area (Å²) in [6.45, 7) is 7.47. The number of esters is 1. The molecule has 0 aromatic carbocycles. The van der Waals surface area contributed by atoms with Crippen molar-refractivity contribution in [1.29, 1.82) is 5.41 Å². The van der Waals surface area contributed by atoms with Gasteiger partial charge in [-0.3, -0.25) is 10.2 Å². The van der Waals surface area contributed by atoms with Gasteiger partial charge in [0.2, 0.25) is 5.91 Å². The van der Waals surface area contributed by atoms with Crippen LogP contribution in [-0.2, 0) is 19.1 Å². The summed E-state index contributed by atoms with van der Waals surface area (Å²) in [5.41, 5.74) is 5.94. The first-order valence-electron chi connectivity index (χ1n) is 8.73. The lowest BCUT2D eigenvalue weighted by molar-refractivity contribution is -0.139. The van der Waals surface area contributed by atoms with Gasteiger partial charge in [0, 0.05) is 18.9 Å². The van der Waals surface area contributed by atoms with Crippen LogP contribution in [-0.4, -0.2) is 48.7 Å². The van der Waals surface area contributed by atoms with Crippen molar-refractivity contribution in [3.63, 3.8) is 0 Å². The van der Waals surface area contributed by atoms with Crippen molar-refractivity contribution in [1.82, 2.24) is 10.6 Å². The van der Waals surface area contributed by atoms with Crippen molar-refractivity contribution >= 4 is 17.8 Å². The zero-order valence-electron chi connectivity index (χ0n) is 15.4. The van der Waals surface area contributed by atoms with E-state index < -0.39 is 24.2 Å². The minimum atomic E-state index is -0.515. The molecule has 0 aromatic rings. The average Bonchev–Trinajstić information content (AvgIpc) is 2.54. The summed E-state index contributed by atoms with van der Waals surface area (Å²) >= 11 is 0. The number of amides is 1. The molecule has 3 atom stereocenters. The number of rotatable bonds is 8. The number of guanidine groups is 1. The van der Waals surface area contributed by atoms with E-state index in [1.165, 1.54) is 6.92 Å². The maximum atomic E-state index is 12.2. The molecule has 0 aromatic heterocycles. The van der Waals surface area contributed by atoms with Crippen LogP contribution in [0.15, 0.2) is 11.6 Å². The fraction of sp³-hybridized carbons (Fsp3) is 0.706. The minimum absolute atomic E-state index is 0.00275. The Morgan fingerprint density at radius 3 is 2.44 bits per heavy atom. The Morgan fingerprint density at radius 1 is 1.32 bits per heavy atom. The molecule has 25 heavy (non-hydrogen) atoms. The maximum absolute atomic E-state index is 12.2. The van der Waals surface area contributed by atoms with E-state index in [1.807, 2.05) is 13.8 Å². The normalized spacial score (nSPS) is 22.9. The van der Waals surface area contributed by atoms with Gasteiger partial charge in [-0.2, -0.15) is 0 Å². The fourth-order valence-electron chi connectivity index (χ4n) is 2.92. The van der Waals surface area contributed by atoms with Crippen molar-refractivity contribution in [3.05, 3.63) is 11.6 Å². The average molecular weight is 354 g/mol. The van der Waals surface area contributed by atoms with E-state index in [0.717, 1.165) is 12.8 Å². The van der Waals surface area contributed by atoms with Gasteiger partial charge >= 0.3 is 5.97 Å². The number of nitrogens with one attached hydrogen (secondary N) is 3. The highest BCUT2D eigenvalue weighted by Crippen LogP contribution is 2.25. The summed E-state index contributed by atoms with van der Waals surface area (Å²) in [7, 11) is 0. The third-order valence-electron chi connectivity index (χ3n) is 4.10. The highest BCUT2D eigenvalue weighted by Gasteiger charge is 2.38. The molecule has 0 fully saturated rings. The van der Waals surface area contributed by atoms with Crippen molar-refractivity contribution < 1.29 is 19.1 Å². The molecule has 0 spiro atoms. The van der Waals surface area contributed by atoms with Crippen LogP contribution in [0.25, 0.3) is 0 Å². The summed E-state index contributed by atoms with van der Waals surface area (Å²) in [4.78, 5) is 23.8. The minimum Gasteiger partial charge on any atom is -0.463 e. The highest BCUT2D eigenvalue weighted by atomic mass is 16.5. The number of hydrogen-bond donors (Lipinski definition) is 4. The monoisotopic (exact) mass is 354 g/mol. The SMILES string of the molecule is CCOC(=O)C1=C[C@@H](OC(CC)CC)[C@H](NC(C)=O)[C@@H](NC(=N)N)C1. The third kappa shape index (κ3) is 6.38. The molecule has 0 aliphatic heterocycles. The Balaban J connectivity index is 3.17. The molecule has 0 saturated carbocycles. The second-order valence-electron chi connectivity index (χ2n) is 6.05. The van der Waals surface area contributed by atoms with Crippen LogP contribution in [0.4, 0.5) is 0 Å². The van der Waals surface area contributed by atoms with Gasteiger partial charge in [-0.05, 0) is 25.8 Å². The number of ether oxygens (including phenoxy) is 2. The van der Waals surface area contributed by atoms with Gasteiger partial charge in [0.15, 0.2) is 5.96 Å². The van der Waals surface area contributed by atoms with E-state index in [2.05, 4.69) is 10.6 Å². The van der Waals surface area contributed by atoms with Crippen molar-refractivity contribution in [2.24, 2.45) is 5.73 Å². The van der Waals surface area contributed by atoms with Crippen LogP contribution in [0.3, 0.4) is 0 Å². The molecule has 0 saturated heterocycles. The van der Waals surface area contributed by atoms with Gasteiger partial charge in [-0.1, -0.05) is 13.8 Å². The van der Waals surface area contributed by atoms with E-state index in [-0.39, 0.29) is 31.0 Å². The first-order chi connectivity index (χ1) is 11.8. The van der Waals surface area contributed by atoms with Crippen LogP contribution >= 0.6 is 0 Å². The van der Waals surface area contributed by atoms with Gasteiger partial charge in [-0.25, -0.2) is 4.79 Å². The summed E-state index contributed by atoms with van der Waals surface area (Å²) in [5, 5.41) is 13.2. The smallest absolute Gasteiger partial charge is 0.333 e. The first-order valence-corrected chi connectivity index (χ1v) is 8.73. The van der Waals surface area contributed by atoms with Crippen molar-refractivity contribution in [3.8, 4) is 0 Å². The summed E-state index contributed by atoms with van der Waals surface area (Å²) in [6.07, 6.45) is 3.11. The van der Waals surface area contributed by atoms with E-state index in [9.17, 15) is 9.59 Å². The number of carbonyl (C=O) groups excluding carboxylic acids is 2. The molecule has 0 bridgehead atoms. The molecule has 1 amide bonds. The number of hydrogen-bond acceptors (Lipinski definition) is 5. The highest BCUT2D eigenvalue weighted by molar-refractivity contribution is 5.89. The van der Waals surface area contributed by atoms with Gasteiger partial charge in [0.05, 0.1) is 30.9 Å². The van der Waals surface area contributed by atoms with Gasteiger partial charge < -0.3 is 25.8 Å². The predicted octanol–water partition coefficient (Wildman–Crippen LogP) is 0.810. The van der Waals surface area contributed by atoms with E-state index in [0.29, 0.717) is 5.57 Å². The Labute approximate surface area is 149 Å². The molecule has 0 unspecified atom stereocenters. The van der Waals surface area contributed by atoms with Crippen LogP contribution in [0.5, 0.6) is 0 Å². The van der Waals surface area contributed by atoms with E-state index in [1.54, 1.807) is 13.0 Å². The second kappa shape index (κ2) is 10.0. The van der Waals surface area contributed by atoms with Gasteiger partial charge in [-0.15, -0.1) is 0 Å². The number of nitrogens with two attached hydrogens (primary N) is 1. The molecular weight excluding hydrogens is 324 g/mol. The maximum Gasteiger partial charge on any atom is 0.333 e. The van der Waals surface area contributed by atoms with Crippen molar-refractivity contribution in [2.45, 2.75) is 71.2 Å². The Morgan fingerprint density at radius 2 is 1.96 bits per heavy atom. The lowest BCUT2D eigenvalue weighted by atomic mass is 9.87. The fourth-order valence-corrected chi connectivity index (χ4v) is 2.92. The predicted molar refractivity (Wildman–Crippen MR) is 95.0 cm³/mol. The first kappa shape index (κ1) is 21.0. The Bertz CT molecular complexity index is 517. The lowest BCUT2D eigenvalue weighted by Gasteiger charge is -2.38. The molecule has 5 N–H and O–H groups in total. The molecule has 0 radical (unpaired) electrons. The van der Waals surface area contributed by atoms with Crippen molar-refractivity contribution in [2.75, 3.05) is 6.61 Å². The molecule has 1 rings (SSSR count). The van der Waals surface area contributed by atoms with E-state index in [4.69, 9.17) is 20.6 Å². The molecule has 8 nitrogen and oxygen atoms in total. The van der Waals surface area contributed by atoms with Gasteiger partial charge in [0.25, 0.3) is 0 Å². The third-order valence-corrected chi connectivity index (χ3v) is 4.10. The Kier molecular flexibility index (Phi) is 8.40. The van der Waals surface area contributed by atoms with Crippen LogP contribution < -0.4 is 16.4 Å². The van der Waals surface area contributed by atoms with Crippen LogP contribution in [0, 0.1) is 5.41 Å². The van der Waals surface area contributed by atoms with Gasteiger partial charge in [0.1, 0.15) is 0 Å². The molecule has 142 valence electrons. The zero-order valence-corrected chi connectivity index (χ0v) is 15.4. The van der Waals surface area contributed by atoms with E-state index >= 15 is 0 Å². The Hall–Kier alpha value is -2.09. The molecule has 8 heteroatoms. The largest absolute Gasteiger partial charge is 0.463 e. The topological polar surface area (TPSA) is 127 Å². The standard InChI is InChI=1S/C17H30N4O4/c1-5-12(6-2)25-14-9-11(16(23)24-7-3)8-13(21-17(18)19)15(14)20-10(4)22/h9,12-15H,5-8H2,1-4H3,(H,20,22)(H4,18,19,21)/t13-,14+,15+/m0/s1. The molecule has 1 aliphatic carbocycles. The molecule has 1 aliphatic rings. The quantitative estimate of drug-likeness (QED) is 0.290. The van der Waals surface area contributed by atoms with Crippen LogP contribution in [0.1, 0.15) is 47.0 Å². The summed E-state index contributed by atoms with van der Waals surface area (Å²) in [5.74, 6) is -0.865.